The zero-order chi connectivity index (χ0) is 26.5. The summed E-state index contributed by atoms with van der Waals surface area (Å²) in [5, 5.41) is 3.95. The van der Waals surface area contributed by atoms with Gasteiger partial charge in [-0.3, -0.25) is 19.4 Å². The van der Waals surface area contributed by atoms with Crippen LogP contribution in [0.1, 0.15) is 23.5 Å². The average Bonchev–Trinajstić information content (AvgIpc) is 3.21. The SMILES string of the molecule is CN(C)C(=O)CN(C(=O)CCBr)c1ccc(N=C(c2ccccc2)C2C(=O)Nc3cc(Cl)ccc32)cc1. The maximum absolute atomic E-state index is 13.1. The quantitative estimate of drug-likeness (QED) is 0.286. The summed E-state index contributed by atoms with van der Waals surface area (Å²) in [6.07, 6.45) is 0.263. The van der Waals surface area contributed by atoms with Gasteiger partial charge in [-0.15, -0.1) is 0 Å². The third-order valence-corrected chi connectivity index (χ3v) is 6.63. The number of halogens is 2. The molecule has 3 aromatic rings. The van der Waals surface area contributed by atoms with Gasteiger partial charge in [-0.2, -0.15) is 0 Å². The van der Waals surface area contributed by atoms with Crippen LogP contribution in [-0.2, 0) is 14.4 Å². The van der Waals surface area contributed by atoms with E-state index in [2.05, 4.69) is 21.2 Å². The number of nitrogens with zero attached hydrogens (tertiary/aromatic N) is 3. The average molecular weight is 582 g/mol. The molecule has 3 amide bonds. The summed E-state index contributed by atoms with van der Waals surface area (Å²) in [5.41, 5.74) is 4.11. The van der Waals surface area contributed by atoms with Crippen molar-refractivity contribution in [3.8, 4) is 0 Å². The number of carbonyl (C=O) groups is 3. The fraction of sp³-hybridized carbons (Fsp3) is 0.214. The van der Waals surface area contributed by atoms with Crippen LogP contribution in [-0.4, -0.2) is 54.3 Å². The van der Waals surface area contributed by atoms with Gasteiger partial charge in [0, 0.05) is 42.2 Å². The number of anilines is 2. The molecular formula is C28H26BrClN4O3. The van der Waals surface area contributed by atoms with Gasteiger partial charge in [-0.05, 0) is 47.5 Å². The summed E-state index contributed by atoms with van der Waals surface area (Å²) in [6, 6.07) is 22.0. The Bertz CT molecular complexity index is 1340. The molecule has 1 heterocycles. The third kappa shape index (κ3) is 6.09. The highest BCUT2D eigenvalue weighted by Crippen LogP contribution is 2.37. The summed E-state index contributed by atoms with van der Waals surface area (Å²) in [6.45, 7) is -0.0572. The van der Waals surface area contributed by atoms with Crippen LogP contribution in [0.25, 0.3) is 0 Å². The molecule has 9 heteroatoms. The molecule has 0 spiro atoms. The highest BCUT2D eigenvalue weighted by atomic mass is 79.9. The van der Waals surface area contributed by atoms with Crippen molar-refractivity contribution < 1.29 is 14.4 Å². The van der Waals surface area contributed by atoms with Crippen molar-refractivity contribution >= 4 is 68.0 Å². The molecule has 0 bridgehead atoms. The molecule has 1 aliphatic rings. The molecule has 0 fully saturated rings. The molecule has 1 atom stereocenters. The normalized spacial score (nSPS) is 14.6. The fourth-order valence-electron chi connectivity index (χ4n) is 4.07. The lowest BCUT2D eigenvalue weighted by Crippen LogP contribution is -2.40. The van der Waals surface area contributed by atoms with Crippen molar-refractivity contribution in [1.29, 1.82) is 0 Å². The van der Waals surface area contributed by atoms with Crippen LogP contribution in [0.4, 0.5) is 17.1 Å². The van der Waals surface area contributed by atoms with E-state index in [0.29, 0.717) is 33.1 Å². The smallest absolute Gasteiger partial charge is 0.242 e. The number of rotatable bonds is 8. The van der Waals surface area contributed by atoms with E-state index in [1.807, 2.05) is 36.4 Å². The number of amides is 3. The molecular weight excluding hydrogens is 556 g/mol. The summed E-state index contributed by atoms with van der Waals surface area (Å²) < 4.78 is 0. The monoisotopic (exact) mass is 580 g/mol. The van der Waals surface area contributed by atoms with E-state index in [1.54, 1.807) is 50.5 Å². The molecule has 3 aromatic carbocycles. The Hall–Kier alpha value is -3.49. The number of nitrogens with one attached hydrogen (secondary N) is 1. The van der Waals surface area contributed by atoms with E-state index in [1.165, 1.54) is 9.80 Å². The van der Waals surface area contributed by atoms with Crippen LogP contribution in [0, 0.1) is 0 Å². The maximum atomic E-state index is 13.1. The van der Waals surface area contributed by atoms with Crippen molar-refractivity contribution in [2.24, 2.45) is 4.99 Å². The summed E-state index contributed by atoms with van der Waals surface area (Å²) in [7, 11) is 3.31. The standard InChI is InChI=1S/C28H26BrClN4O3/c1-33(2)25(36)17-34(24(35)14-15-29)21-11-9-20(10-12-21)31-27(18-6-4-3-5-7-18)26-22-13-8-19(30)16-23(22)32-28(26)37/h3-13,16,26H,14-15,17H2,1-2H3,(H,32,37). The first-order valence-corrected chi connectivity index (χ1v) is 13.2. The van der Waals surface area contributed by atoms with Crippen LogP contribution in [0.3, 0.4) is 0 Å². The Morgan fingerprint density at radius 1 is 1.00 bits per heavy atom. The molecule has 4 rings (SSSR count). The topological polar surface area (TPSA) is 82.1 Å². The minimum Gasteiger partial charge on any atom is -0.347 e. The zero-order valence-electron chi connectivity index (χ0n) is 20.4. The van der Waals surface area contributed by atoms with Gasteiger partial charge in [0.25, 0.3) is 0 Å². The molecule has 190 valence electrons. The number of alkyl halides is 1. The van der Waals surface area contributed by atoms with E-state index in [9.17, 15) is 14.4 Å². The summed E-state index contributed by atoms with van der Waals surface area (Å²) in [4.78, 5) is 46.0. The Morgan fingerprint density at radius 3 is 2.35 bits per heavy atom. The summed E-state index contributed by atoms with van der Waals surface area (Å²) in [5.74, 6) is -1.12. The highest BCUT2D eigenvalue weighted by Gasteiger charge is 2.35. The number of benzene rings is 3. The van der Waals surface area contributed by atoms with Gasteiger partial charge >= 0.3 is 0 Å². The fourth-order valence-corrected chi connectivity index (χ4v) is 4.58. The van der Waals surface area contributed by atoms with Gasteiger partial charge in [0.2, 0.25) is 17.7 Å². The predicted molar refractivity (Wildman–Crippen MR) is 151 cm³/mol. The lowest BCUT2D eigenvalue weighted by atomic mass is 9.90. The first-order valence-electron chi connectivity index (χ1n) is 11.7. The van der Waals surface area contributed by atoms with Crippen LogP contribution < -0.4 is 10.2 Å². The lowest BCUT2D eigenvalue weighted by Gasteiger charge is -2.24. The van der Waals surface area contributed by atoms with Gasteiger partial charge in [0.15, 0.2) is 0 Å². The van der Waals surface area contributed by atoms with E-state index < -0.39 is 5.92 Å². The molecule has 0 saturated heterocycles. The largest absolute Gasteiger partial charge is 0.347 e. The van der Waals surface area contributed by atoms with Crippen LogP contribution in [0.2, 0.25) is 5.02 Å². The number of carbonyl (C=O) groups excluding carboxylic acids is 3. The van der Waals surface area contributed by atoms with Crippen molar-refractivity contribution in [3.05, 3.63) is 88.9 Å². The second kappa shape index (κ2) is 11.7. The predicted octanol–water partition coefficient (Wildman–Crippen LogP) is 5.40. The molecule has 1 unspecified atom stereocenters. The highest BCUT2D eigenvalue weighted by molar-refractivity contribution is 9.09. The van der Waals surface area contributed by atoms with Crippen molar-refractivity contribution in [1.82, 2.24) is 4.90 Å². The number of likely N-dealkylation sites (N-methyl/N-ethyl adjacent to an activating group) is 1. The molecule has 0 radical (unpaired) electrons. The first-order chi connectivity index (χ1) is 17.8. The molecule has 1 aliphatic heterocycles. The minimum absolute atomic E-state index is 0.0572. The van der Waals surface area contributed by atoms with Gasteiger partial charge in [-0.1, -0.05) is 63.9 Å². The molecule has 37 heavy (non-hydrogen) atoms. The summed E-state index contributed by atoms with van der Waals surface area (Å²) >= 11 is 9.44. The van der Waals surface area contributed by atoms with E-state index >= 15 is 0 Å². The Labute approximate surface area is 229 Å². The van der Waals surface area contributed by atoms with Crippen molar-refractivity contribution in [2.75, 3.05) is 36.2 Å². The van der Waals surface area contributed by atoms with Crippen LogP contribution in [0.15, 0.2) is 77.8 Å². The first kappa shape index (κ1) is 26.6. The minimum atomic E-state index is -0.607. The second-order valence-electron chi connectivity index (χ2n) is 8.74. The van der Waals surface area contributed by atoms with E-state index in [0.717, 1.165) is 11.1 Å². The Kier molecular flexibility index (Phi) is 8.41. The molecule has 7 nitrogen and oxygen atoms in total. The van der Waals surface area contributed by atoms with Crippen LogP contribution >= 0.6 is 27.5 Å². The van der Waals surface area contributed by atoms with Gasteiger partial charge in [0.1, 0.15) is 12.5 Å². The number of hydrogen-bond donors (Lipinski definition) is 1. The molecule has 0 aromatic heterocycles. The van der Waals surface area contributed by atoms with E-state index in [4.69, 9.17) is 16.6 Å². The molecule has 1 N–H and O–H groups in total. The molecule has 0 saturated carbocycles. The Balaban J connectivity index is 1.72. The second-order valence-corrected chi connectivity index (χ2v) is 9.97. The van der Waals surface area contributed by atoms with E-state index in [-0.39, 0.29) is 30.7 Å². The zero-order valence-corrected chi connectivity index (χ0v) is 22.8. The Morgan fingerprint density at radius 2 is 1.70 bits per heavy atom. The molecule has 0 aliphatic carbocycles. The van der Waals surface area contributed by atoms with Crippen LogP contribution in [0.5, 0.6) is 0 Å². The number of hydrogen-bond acceptors (Lipinski definition) is 4. The van der Waals surface area contributed by atoms with Gasteiger partial charge in [0.05, 0.1) is 11.4 Å². The van der Waals surface area contributed by atoms with Crippen molar-refractivity contribution in [2.45, 2.75) is 12.3 Å². The third-order valence-electron chi connectivity index (χ3n) is 6.00. The van der Waals surface area contributed by atoms with Gasteiger partial charge < -0.3 is 15.1 Å². The van der Waals surface area contributed by atoms with Crippen molar-refractivity contribution in [3.63, 3.8) is 0 Å². The number of fused-ring (bicyclic) bond motifs is 1. The lowest BCUT2D eigenvalue weighted by molar-refractivity contribution is -0.129. The maximum Gasteiger partial charge on any atom is 0.242 e. The number of aliphatic imine (C=N–C) groups is 1. The van der Waals surface area contributed by atoms with Gasteiger partial charge in [-0.25, -0.2) is 0 Å².